The van der Waals surface area contributed by atoms with Crippen molar-refractivity contribution in [2.45, 2.75) is 26.4 Å². The predicted octanol–water partition coefficient (Wildman–Crippen LogP) is 2.94. The third kappa shape index (κ3) is 5.70. The number of rotatable bonds is 8. The first-order valence-electron chi connectivity index (χ1n) is 8.05. The number of hydrogen-bond donors (Lipinski definition) is 0. The molecule has 7 heteroatoms. The third-order valence-electron chi connectivity index (χ3n) is 3.30. The summed E-state index contributed by atoms with van der Waals surface area (Å²) in [6, 6.07) is 11.8. The lowest BCUT2D eigenvalue weighted by molar-refractivity contribution is -0.148. The molecule has 0 saturated heterocycles. The molecule has 136 valence electrons. The van der Waals surface area contributed by atoms with Gasteiger partial charge in [0.1, 0.15) is 5.75 Å². The molecule has 0 amide bonds. The molecule has 0 N–H and O–H groups in total. The van der Waals surface area contributed by atoms with Gasteiger partial charge in [-0.1, -0.05) is 18.2 Å². The number of esters is 2. The van der Waals surface area contributed by atoms with Crippen LogP contribution in [0.15, 0.2) is 48.7 Å². The van der Waals surface area contributed by atoms with Crippen molar-refractivity contribution in [3.05, 3.63) is 54.2 Å². The van der Waals surface area contributed by atoms with Crippen molar-refractivity contribution < 1.29 is 28.6 Å². The lowest BCUT2D eigenvalue weighted by Gasteiger charge is -2.14. The molecule has 7 nitrogen and oxygen atoms in total. The van der Waals surface area contributed by atoms with Crippen LogP contribution in [0.4, 0.5) is 0 Å². The van der Waals surface area contributed by atoms with E-state index in [4.69, 9.17) is 14.2 Å². The highest BCUT2D eigenvalue weighted by atomic mass is 16.6. The van der Waals surface area contributed by atoms with Crippen molar-refractivity contribution in [3.8, 4) is 11.6 Å². The average Bonchev–Trinajstić information content (AvgIpc) is 2.62. The van der Waals surface area contributed by atoms with E-state index < -0.39 is 23.8 Å². The number of ether oxygens (including phenoxy) is 3. The molecule has 0 aliphatic heterocycles. The number of aromatic nitrogens is 1. The number of benzene rings is 1. The average molecular weight is 357 g/mol. The zero-order chi connectivity index (χ0) is 18.9. The minimum absolute atomic E-state index is 0.154. The first kappa shape index (κ1) is 19.1. The molecule has 2 aromatic rings. The first-order valence-corrected chi connectivity index (χ1v) is 8.05. The summed E-state index contributed by atoms with van der Waals surface area (Å²) in [6.07, 6.45) is -0.135. The Kier molecular flexibility index (Phi) is 6.84. The fourth-order valence-electron chi connectivity index (χ4n) is 2.04. The minimum atomic E-state index is -1.20. The third-order valence-corrected chi connectivity index (χ3v) is 3.30. The van der Waals surface area contributed by atoms with Crippen molar-refractivity contribution in [3.63, 3.8) is 0 Å². The van der Waals surface area contributed by atoms with Crippen LogP contribution in [0.25, 0.3) is 0 Å². The Balaban J connectivity index is 2.07. The van der Waals surface area contributed by atoms with Gasteiger partial charge in [0.05, 0.1) is 18.6 Å². The van der Waals surface area contributed by atoms with Gasteiger partial charge in [0.2, 0.25) is 5.88 Å². The van der Waals surface area contributed by atoms with Gasteiger partial charge in [0, 0.05) is 12.3 Å². The number of hydrogen-bond acceptors (Lipinski definition) is 7. The number of ketones is 1. The highest BCUT2D eigenvalue weighted by Gasteiger charge is 2.24. The van der Waals surface area contributed by atoms with Gasteiger partial charge in [-0.05, 0) is 32.0 Å². The van der Waals surface area contributed by atoms with Crippen LogP contribution in [0.3, 0.4) is 0 Å². The molecule has 1 unspecified atom stereocenters. The second kappa shape index (κ2) is 9.31. The van der Waals surface area contributed by atoms with Gasteiger partial charge in [0.15, 0.2) is 11.9 Å². The minimum Gasteiger partial charge on any atom is -0.466 e. The van der Waals surface area contributed by atoms with Crippen LogP contribution in [0, 0.1) is 0 Å². The second-order valence-electron chi connectivity index (χ2n) is 5.31. The number of para-hydroxylation sites is 1. The number of carbonyl (C=O) groups is 3. The maximum absolute atomic E-state index is 12.3. The molecule has 2 rings (SSSR count). The van der Waals surface area contributed by atoms with Gasteiger partial charge in [-0.15, -0.1) is 0 Å². The molecule has 0 saturated carbocycles. The van der Waals surface area contributed by atoms with E-state index in [1.807, 2.05) is 6.07 Å². The molecule has 0 aliphatic rings. The zero-order valence-electron chi connectivity index (χ0n) is 14.5. The molecule has 1 aromatic carbocycles. The Morgan fingerprint density at radius 2 is 1.85 bits per heavy atom. The fourth-order valence-corrected chi connectivity index (χ4v) is 2.04. The van der Waals surface area contributed by atoms with Crippen molar-refractivity contribution in [2.24, 2.45) is 0 Å². The Bertz CT molecular complexity index is 775. The van der Waals surface area contributed by atoms with E-state index in [2.05, 4.69) is 4.98 Å². The maximum Gasteiger partial charge on any atom is 0.339 e. The lowest BCUT2D eigenvalue weighted by Crippen LogP contribution is -2.29. The van der Waals surface area contributed by atoms with Gasteiger partial charge in [-0.25, -0.2) is 9.78 Å². The van der Waals surface area contributed by atoms with Gasteiger partial charge in [-0.2, -0.15) is 0 Å². The molecular weight excluding hydrogens is 338 g/mol. The van der Waals surface area contributed by atoms with Crippen LogP contribution in [-0.4, -0.2) is 35.4 Å². The standard InChI is InChI=1S/C19H19NO6/c1-3-24-18(22)12-16(13(2)21)26-19(23)14-9-10-20-17(11-14)25-15-7-5-4-6-8-15/h4-11,16H,3,12H2,1-2H3. The molecule has 1 atom stereocenters. The molecule has 1 heterocycles. The normalized spacial score (nSPS) is 11.3. The summed E-state index contributed by atoms with van der Waals surface area (Å²) in [5.41, 5.74) is 0.154. The van der Waals surface area contributed by atoms with E-state index >= 15 is 0 Å². The van der Waals surface area contributed by atoms with Crippen molar-refractivity contribution in [2.75, 3.05) is 6.61 Å². The molecule has 0 radical (unpaired) electrons. The molecule has 0 aliphatic carbocycles. The summed E-state index contributed by atoms with van der Waals surface area (Å²) in [5.74, 6) is -1.04. The van der Waals surface area contributed by atoms with E-state index in [0.717, 1.165) is 0 Å². The molecule has 0 spiro atoms. The molecular formula is C19H19NO6. The Labute approximate surface area is 150 Å². The first-order chi connectivity index (χ1) is 12.5. The smallest absolute Gasteiger partial charge is 0.339 e. The fraction of sp³-hybridized carbons (Fsp3) is 0.263. The molecule has 0 bridgehead atoms. The maximum atomic E-state index is 12.3. The van der Waals surface area contributed by atoms with Gasteiger partial charge >= 0.3 is 11.9 Å². The van der Waals surface area contributed by atoms with E-state index in [-0.39, 0.29) is 24.5 Å². The van der Waals surface area contributed by atoms with Gasteiger partial charge in [-0.3, -0.25) is 9.59 Å². The summed E-state index contributed by atoms with van der Waals surface area (Å²) < 4.78 is 15.5. The zero-order valence-corrected chi connectivity index (χ0v) is 14.5. The molecule has 1 aromatic heterocycles. The quantitative estimate of drug-likeness (QED) is 0.671. The largest absolute Gasteiger partial charge is 0.466 e. The Morgan fingerprint density at radius 3 is 2.50 bits per heavy atom. The Hall–Kier alpha value is -3.22. The summed E-state index contributed by atoms with van der Waals surface area (Å²) in [4.78, 5) is 39.5. The Morgan fingerprint density at radius 1 is 1.12 bits per heavy atom. The summed E-state index contributed by atoms with van der Waals surface area (Å²) in [5, 5.41) is 0. The van der Waals surface area contributed by atoms with Crippen molar-refractivity contribution in [1.82, 2.24) is 4.98 Å². The highest BCUT2D eigenvalue weighted by molar-refractivity contribution is 5.93. The van der Waals surface area contributed by atoms with Crippen LogP contribution in [0.1, 0.15) is 30.6 Å². The molecule has 0 fully saturated rings. The number of Topliss-reactive ketones (excluding diaryl/α,β-unsaturated/α-hetero) is 1. The number of nitrogens with zero attached hydrogens (tertiary/aromatic N) is 1. The van der Waals surface area contributed by atoms with Gasteiger partial charge in [0.25, 0.3) is 0 Å². The van der Waals surface area contributed by atoms with Crippen molar-refractivity contribution in [1.29, 1.82) is 0 Å². The highest BCUT2D eigenvalue weighted by Crippen LogP contribution is 2.20. The van der Waals surface area contributed by atoms with E-state index in [1.54, 1.807) is 31.2 Å². The number of pyridine rings is 1. The van der Waals surface area contributed by atoms with E-state index in [1.165, 1.54) is 25.3 Å². The predicted molar refractivity (Wildman–Crippen MR) is 91.9 cm³/mol. The summed E-state index contributed by atoms with van der Waals surface area (Å²) in [7, 11) is 0. The van der Waals surface area contributed by atoms with Crippen LogP contribution < -0.4 is 4.74 Å². The molecule has 26 heavy (non-hydrogen) atoms. The van der Waals surface area contributed by atoms with E-state index in [9.17, 15) is 14.4 Å². The number of carbonyl (C=O) groups excluding carboxylic acids is 3. The van der Waals surface area contributed by atoms with Gasteiger partial charge < -0.3 is 14.2 Å². The van der Waals surface area contributed by atoms with Crippen LogP contribution in [-0.2, 0) is 19.1 Å². The van der Waals surface area contributed by atoms with Crippen LogP contribution in [0.2, 0.25) is 0 Å². The van der Waals surface area contributed by atoms with Crippen LogP contribution >= 0.6 is 0 Å². The van der Waals surface area contributed by atoms with Crippen LogP contribution in [0.5, 0.6) is 11.6 Å². The lowest BCUT2D eigenvalue weighted by atomic mass is 10.2. The van der Waals surface area contributed by atoms with E-state index in [0.29, 0.717) is 5.75 Å². The summed E-state index contributed by atoms with van der Waals surface area (Å²) in [6.45, 7) is 3.08. The topological polar surface area (TPSA) is 91.8 Å². The monoisotopic (exact) mass is 357 g/mol. The SMILES string of the molecule is CCOC(=O)CC(OC(=O)c1ccnc(Oc2ccccc2)c1)C(C)=O. The second-order valence-corrected chi connectivity index (χ2v) is 5.31. The van der Waals surface area contributed by atoms with Crippen molar-refractivity contribution >= 4 is 17.7 Å². The summed E-state index contributed by atoms with van der Waals surface area (Å²) >= 11 is 0.